The Labute approximate surface area is 226 Å². The molecule has 7 heteroatoms. The van der Waals surface area contributed by atoms with Crippen molar-refractivity contribution in [3.63, 3.8) is 0 Å². The molecule has 4 aromatic carbocycles. The number of rotatable bonds is 9. The molecule has 0 aliphatic heterocycles. The molecule has 2 heterocycles. The van der Waals surface area contributed by atoms with Crippen LogP contribution in [0.2, 0.25) is 0 Å². The van der Waals surface area contributed by atoms with Gasteiger partial charge < -0.3 is 19.8 Å². The molecular weight excluding hydrogens is 486 g/mol. The molecule has 6 aromatic rings. The lowest BCUT2D eigenvalue weighted by atomic mass is 9.76. The SMILES string of the molecule is COc1cccc(OCc2ccccc2)c1C(Nc1nc2ncncc2[nH]1)(c1ccccc1)c1ccccc1. The zero-order valence-electron chi connectivity index (χ0n) is 21.4. The van der Waals surface area contributed by atoms with Gasteiger partial charge in [-0.25, -0.2) is 9.97 Å². The van der Waals surface area contributed by atoms with Crippen molar-refractivity contribution < 1.29 is 9.47 Å². The molecule has 0 aliphatic carbocycles. The Balaban J connectivity index is 1.61. The van der Waals surface area contributed by atoms with Gasteiger partial charge in [0.25, 0.3) is 0 Å². The van der Waals surface area contributed by atoms with E-state index in [0.29, 0.717) is 29.7 Å². The van der Waals surface area contributed by atoms with E-state index in [1.165, 1.54) is 6.33 Å². The van der Waals surface area contributed by atoms with Gasteiger partial charge in [-0.15, -0.1) is 0 Å². The Hall–Kier alpha value is -5.17. The van der Waals surface area contributed by atoms with Crippen LogP contribution in [-0.4, -0.2) is 27.0 Å². The molecule has 192 valence electrons. The highest BCUT2D eigenvalue weighted by Crippen LogP contribution is 2.48. The highest BCUT2D eigenvalue weighted by Gasteiger charge is 2.42. The number of nitrogens with one attached hydrogen (secondary N) is 2. The first-order valence-corrected chi connectivity index (χ1v) is 12.7. The number of hydrogen-bond donors (Lipinski definition) is 2. The van der Waals surface area contributed by atoms with E-state index in [1.54, 1.807) is 13.3 Å². The summed E-state index contributed by atoms with van der Waals surface area (Å²) < 4.78 is 12.5. The van der Waals surface area contributed by atoms with E-state index < -0.39 is 5.54 Å². The molecule has 0 amide bonds. The van der Waals surface area contributed by atoms with Gasteiger partial charge in [0.05, 0.1) is 18.9 Å². The Morgan fingerprint density at radius 1 is 0.769 bits per heavy atom. The Bertz CT molecular complexity index is 1600. The maximum absolute atomic E-state index is 6.54. The average Bonchev–Trinajstić information content (AvgIpc) is 3.42. The number of H-pyrrole nitrogens is 1. The zero-order valence-corrected chi connectivity index (χ0v) is 21.4. The van der Waals surface area contributed by atoms with Crippen LogP contribution in [0.1, 0.15) is 22.3 Å². The van der Waals surface area contributed by atoms with E-state index in [0.717, 1.165) is 27.8 Å². The lowest BCUT2D eigenvalue weighted by molar-refractivity contribution is 0.295. The maximum atomic E-state index is 6.54. The van der Waals surface area contributed by atoms with Crippen molar-refractivity contribution in [1.29, 1.82) is 0 Å². The summed E-state index contributed by atoms with van der Waals surface area (Å²) in [6, 6.07) is 36.5. The fourth-order valence-electron chi connectivity index (χ4n) is 4.94. The van der Waals surface area contributed by atoms with E-state index in [1.807, 2.05) is 72.8 Å². The summed E-state index contributed by atoms with van der Waals surface area (Å²) in [7, 11) is 1.68. The second-order valence-corrected chi connectivity index (χ2v) is 9.06. The van der Waals surface area contributed by atoms with Crippen LogP contribution in [-0.2, 0) is 12.1 Å². The standard InChI is InChI=1S/C32H27N5O2/c1-38-27-18-11-19-28(39-21-23-12-5-2-6-13-23)29(27)32(24-14-7-3-8-15-24,25-16-9-4-10-17-25)37-31-35-26-20-33-22-34-30(26)36-31/h2-20,22H,21H2,1H3,(H2,33,34,35,36,37). The van der Waals surface area contributed by atoms with Gasteiger partial charge in [-0.2, -0.15) is 4.98 Å². The molecule has 39 heavy (non-hydrogen) atoms. The predicted molar refractivity (Wildman–Crippen MR) is 152 cm³/mol. The monoisotopic (exact) mass is 513 g/mol. The molecule has 0 bridgehead atoms. The zero-order chi connectivity index (χ0) is 26.5. The van der Waals surface area contributed by atoms with E-state index in [9.17, 15) is 0 Å². The molecule has 0 saturated heterocycles. The van der Waals surface area contributed by atoms with Gasteiger partial charge in [-0.3, -0.25) is 0 Å². The first-order chi connectivity index (χ1) is 19.3. The van der Waals surface area contributed by atoms with E-state index in [4.69, 9.17) is 14.5 Å². The summed E-state index contributed by atoms with van der Waals surface area (Å²) in [5, 5.41) is 3.75. The normalized spacial score (nSPS) is 11.3. The van der Waals surface area contributed by atoms with Crippen LogP contribution in [0.3, 0.4) is 0 Å². The maximum Gasteiger partial charge on any atom is 0.204 e. The van der Waals surface area contributed by atoms with Crippen LogP contribution in [0.4, 0.5) is 5.95 Å². The number of nitrogens with zero attached hydrogens (tertiary/aromatic N) is 3. The van der Waals surface area contributed by atoms with Gasteiger partial charge in [-0.05, 0) is 28.8 Å². The molecule has 0 unspecified atom stereocenters. The van der Waals surface area contributed by atoms with Crippen LogP contribution in [0.5, 0.6) is 11.5 Å². The predicted octanol–water partition coefficient (Wildman–Crippen LogP) is 6.34. The van der Waals surface area contributed by atoms with Crippen molar-refractivity contribution in [2.45, 2.75) is 12.1 Å². The van der Waals surface area contributed by atoms with Crippen LogP contribution in [0.25, 0.3) is 11.2 Å². The fraction of sp³-hybridized carbons (Fsp3) is 0.0938. The van der Waals surface area contributed by atoms with Gasteiger partial charge in [0.1, 0.15) is 35.5 Å². The quantitative estimate of drug-likeness (QED) is 0.219. The number of methoxy groups -OCH3 is 1. The molecule has 2 aromatic heterocycles. The van der Waals surface area contributed by atoms with Crippen LogP contribution >= 0.6 is 0 Å². The van der Waals surface area contributed by atoms with Crippen molar-refractivity contribution in [3.05, 3.63) is 144 Å². The van der Waals surface area contributed by atoms with Crippen LogP contribution < -0.4 is 14.8 Å². The van der Waals surface area contributed by atoms with E-state index >= 15 is 0 Å². The molecule has 2 N–H and O–H groups in total. The van der Waals surface area contributed by atoms with Gasteiger partial charge in [-0.1, -0.05) is 97.1 Å². The Morgan fingerprint density at radius 3 is 2.05 bits per heavy atom. The lowest BCUT2D eigenvalue weighted by Crippen LogP contribution is -2.39. The first-order valence-electron chi connectivity index (χ1n) is 12.7. The van der Waals surface area contributed by atoms with Gasteiger partial charge >= 0.3 is 0 Å². The topological polar surface area (TPSA) is 84.9 Å². The summed E-state index contributed by atoms with van der Waals surface area (Å²) in [4.78, 5) is 16.6. The smallest absolute Gasteiger partial charge is 0.204 e. The minimum absolute atomic E-state index is 0.404. The fourth-order valence-corrected chi connectivity index (χ4v) is 4.94. The number of ether oxygens (including phenoxy) is 2. The highest BCUT2D eigenvalue weighted by atomic mass is 16.5. The third-order valence-corrected chi connectivity index (χ3v) is 6.70. The molecule has 0 aliphatic rings. The third-order valence-electron chi connectivity index (χ3n) is 6.70. The number of hydrogen-bond acceptors (Lipinski definition) is 6. The third kappa shape index (κ3) is 4.66. The number of benzene rings is 4. The Morgan fingerprint density at radius 2 is 1.41 bits per heavy atom. The minimum Gasteiger partial charge on any atom is -0.496 e. The summed E-state index contributed by atoms with van der Waals surface area (Å²) in [6.45, 7) is 0.404. The first kappa shape index (κ1) is 24.2. The van der Waals surface area contributed by atoms with Gasteiger partial charge in [0, 0.05) is 0 Å². The summed E-state index contributed by atoms with van der Waals surface area (Å²) in [5.74, 6) is 1.91. The molecule has 0 saturated carbocycles. The minimum atomic E-state index is -0.956. The number of fused-ring (bicyclic) bond motifs is 1. The number of aromatic amines is 1. The summed E-state index contributed by atoms with van der Waals surface area (Å²) >= 11 is 0. The van der Waals surface area contributed by atoms with Crippen molar-refractivity contribution >= 4 is 17.1 Å². The lowest BCUT2D eigenvalue weighted by Gasteiger charge is -2.38. The number of imidazole rings is 1. The molecule has 7 nitrogen and oxygen atoms in total. The Kier molecular flexibility index (Phi) is 6.62. The van der Waals surface area contributed by atoms with Crippen LogP contribution in [0, 0.1) is 0 Å². The van der Waals surface area contributed by atoms with Crippen LogP contribution in [0.15, 0.2) is 122 Å². The van der Waals surface area contributed by atoms with E-state index in [-0.39, 0.29) is 0 Å². The summed E-state index contributed by atoms with van der Waals surface area (Å²) in [5.41, 5.74) is 4.21. The highest BCUT2D eigenvalue weighted by molar-refractivity contribution is 5.73. The van der Waals surface area contributed by atoms with Crippen molar-refractivity contribution in [2.24, 2.45) is 0 Å². The van der Waals surface area contributed by atoms with Crippen molar-refractivity contribution in [2.75, 3.05) is 12.4 Å². The average molecular weight is 514 g/mol. The van der Waals surface area contributed by atoms with Gasteiger partial charge in [0.2, 0.25) is 5.95 Å². The second kappa shape index (κ2) is 10.7. The molecule has 0 radical (unpaired) electrons. The largest absolute Gasteiger partial charge is 0.496 e. The summed E-state index contributed by atoms with van der Waals surface area (Å²) in [6.07, 6.45) is 3.20. The number of anilines is 1. The number of aromatic nitrogens is 4. The molecule has 6 rings (SSSR count). The van der Waals surface area contributed by atoms with Crippen molar-refractivity contribution in [1.82, 2.24) is 19.9 Å². The molecular formula is C32H27N5O2. The van der Waals surface area contributed by atoms with Crippen molar-refractivity contribution in [3.8, 4) is 11.5 Å². The molecule has 0 fully saturated rings. The second-order valence-electron chi connectivity index (χ2n) is 9.06. The van der Waals surface area contributed by atoms with E-state index in [2.05, 4.69) is 56.7 Å². The molecule has 0 spiro atoms. The van der Waals surface area contributed by atoms with Gasteiger partial charge in [0.15, 0.2) is 5.65 Å². The molecule has 0 atom stereocenters.